The summed E-state index contributed by atoms with van der Waals surface area (Å²) in [6, 6.07) is 5.67. The smallest absolute Gasteiger partial charge is 0.123 e. The summed E-state index contributed by atoms with van der Waals surface area (Å²) in [5.74, 6) is 5.19. The number of hydrogen-bond donors (Lipinski definition) is 2. The van der Waals surface area contributed by atoms with E-state index in [1.807, 2.05) is 0 Å². The summed E-state index contributed by atoms with van der Waals surface area (Å²) < 4.78 is 14.4. The van der Waals surface area contributed by atoms with Crippen LogP contribution in [0.4, 0.5) is 4.39 Å². The average Bonchev–Trinajstić information content (AvgIpc) is 2.69. The van der Waals surface area contributed by atoms with Crippen LogP contribution in [-0.4, -0.2) is 0 Å². The molecule has 2 rings (SSSR count). The molecular formula is C12H10Cl3FN2S. The lowest BCUT2D eigenvalue weighted by atomic mass is 10.0. The normalized spacial score (nSPS) is 12.7. The number of nitrogens with one attached hydrogen (secondary N) is 1. The second kappa shape index (κ2) is 6.39. The molecule has 0 aliphatic heterocycles. The lowest BCUT2D eigenvalue weighted by molar-refractivity contribution is 0.550. The van der Waals surface area contributed by atoms with Crippen LogP contribution in [0.25, 0.3) is 0 Å². The molecule has 102 valence electrons. The molecule has 1 aromatic heterocycles. The fourth-order valence-electron chi connectivity index (χ4n) is 1.77. The third-order valence-electron chi connectivity index (χ3n) is 2.69. The highest BCUT2D eigenvalue weighted by Crippen LogP contribution is 2.36. The zero-order valence-electron chi connectivity index (χ0n) is 9.59. The van der Waals surface area contributed by atoms with E-state index in [1.54, 1.807) is 6.07 Å². The summed E-state index contributed by atoms with van der Waals surface area (Å²) in [7, 11) is 0. The van der Waals surface area contributed by atoms with E-state index >= 15 is 0 Å². The quantitative estimate of drug-likeness (QED) is 0.631. The van der Waals surface area contributed by atoms with Gasteiger partial charge in [0.25, 0.3) is 0 Å². The number of halogens is 4. The Morgan fingerprint density at radius 2 is 2.00 bits per heavy atom. The lowest BCUT2D eigenvalue weighted by Crippen LogP contribution is -2.29. The Hall–Kier alpha value is -0.360. The average molecular weight is 340 g/mol. The van der Waals surface area contributed by atoms with Gasteiger partial charge in [-0.3, -0.25) is 11.3 Å². The Bertz CT molecular complexity index is 588. The Morgan fingerprint density at radius 3 is 2.58 bits per heavy atom. The van der Waals surface area contributed by atoms with Crippen molar-refractivity contribution in [3.8, 4) is 0 Å². The summed E-state index contributed by atoms with van der Waals surface area (Å²) in [6.07, 6.45) is 0.417. The standard InChI is InChI=1S/C12H10Cl3FN2S/c13-9-2-1-7(16)3-6(9)4-10(18-17)8-5-11(14)19-12(8)15/h1-3,5,10,18H,4,17H2. The minimum Gasteiger partial charge on any atom is -0.271 e. The summed E-state index contributed by atoms with van der Waals surface area (Å²) in [5.41, 5.74) is 4.08. The molecule has 19 heavy (non-hydrogen) atoms. The number of hydrogen-bond acceptors (Lipinski definition) is 3. The van der Waals surface area contributed by atoms with Crippen LogP contribution in [0.5, 0.6) is 0 Å². The van der Waals surface area contributed by atoms with Gasteiger partial charge in [0.05, 0.1) is 14.7 Å². The van der Waals surface area contributed by atoms with Gasteiger partial charge in [-0.15, -0.1) is 11.3 Å². The van der Waals surface area contributed by atoms with Crippen LogP contribution in [-0.2, 0) is 6.42 Å². The minimum atomic E-state index is -0.343. The highest BCUT2D eigenvalue weighted by molar-refractivity contribution is 7.20. The van der Waals surface area contributed by atoms with E-state index in [4.69, 9.17) is 40.6 Å². The maximum absolute atomic E-state index is 13.2. The highest BCUT2D eigenvalue weighted by atomic mass is 35.5. The van der Waals surface area contributed by atoms with Crippen molar-refractivity contribution in [2.75, 3.05) is 0 Å². The third-order valence-corrected chi connectivity index (χ3v) is 4.58. The molecule has 3 N–H and O–H groups in total. The van der Waals surface area contributed by atoms with Crippen LogP contribution in [0.2, 0.25) is 13.7 Å². The lowest BCUT2D eigenvalue weighted by Gasteiger charge is -2.16. The van der Waals surface area contributed by atoms with Crippen molar-refractivity contribution in [2.45, 2.75) is 12.5 Å². The molecular weight excluding hydrogens is 330 g/mol. The van der Waals surface area contributed by atoms with Crippen molar-refractivity contribution >= 4 is 46.1 Å². The fourth-order valence-corrected chi connectivity index (χ4v) is 3.54. The van der Waals surface area contributed by atoms with E-state index in [2.05, 4.69) is 5.43 Å². The molecule has 2 nitrogen and oxygen atoms in total. The first kappa shape index (κ1) is 15.0. The molecule has 0 saturated carbocycles. The molecule has 2 aromatic rings. The first-order chi connectivity index (χ1) is 9.01. The summed E-state index contributed by atoms with van der Waals surface area (Å²) in [6.45, 7) is 0. The topological polar surface area (TPSA) is 38.0 Å². The zero-order valence-corrected chi connectivity index (χ0v) is 12.7. The van der Waals surface area contributed by atoms with Crippen molar-refractivity contribution < 1.29 is 4.39 Å². The predicted octanol–water partition coefficient (Wildman–Crippen LogP) is 4.59. The molecule has 0 spiro atoms. The second-order valence-electron chi connectivity index (χ2n) is 3.94. The van der Waals surface area contributed by atoms with Gasteiger partial charge in [-0.25, -0.2) is 4.39 Å². The summed E-state index contributed by atoms with van der Waals surface area (Å²) >= 11 is 19.3. The van der Waals surface area contributed by atoms with Crippen LogP contribution >= 0.6 is 46.1 Å². The highest BCUT2D eigenvalue weighted by Gasteiger charge is 2.18. The van der Waals surface area contributed by atoms with Crippen LogP contribution in [0.3, 0.4) is 0 Å². The monoisotopic (exact) mass is 338 g/mol. The van der Waals surface area contributed by atoms with E-state index in [-0.39, 0.29) is 11.9 Å². The predicted molar refractivity (Wildman–Crippen MR) is 79.5 cm³/mol. The number of thiophene rings is 1. The SMILES string of the molecule is NNC(Cc1cc(F)ccc1Cl)c1cc(Cl)sc1Cl. The van der Waals surface area contributed by atoms with Crippen molar-refractivity contribution in [1.29, 1.82) is 0 Å². The Kier molecular flexibility index (Phi) is 5.06. The number of nitrogens with two attached hydrogens (primary N) is 1. The van der Waals surface area contributed by atoms with Gasteiger partial charge in [0.15, 0.2) is 0 Å². The van der Waals surface area contributed by atoms with Crippen LogP contribution in [0.1, 0.15) is 17.2 Å². The Morgan fingerprint density at radius 1 is 1.26 bits per heavy atom. The largest absolute Gasteiger partial charge is 0.271 e. The molecule has 1 aromatic carbocycles. The summed E-state index contributed by atoms with van der Waals surface area (Å²) in [5, 5.41) is 0.485. The van der Waals surface area contributed by atoms with E-state index < -0.39 is 0 Å². The zero-order chi connectivity index (χ0) is 14.0. The van der Waals surface area contributed by atoms with Crippen LogP contribution in [0, 0.1) is 5.82 Å². The maximum atomic E-state index is 13.2. The van der Waals surface area contributed by atoms with Gasteiger partial charge < -0.3 is 0 Å². The van der Waals surface area contributed by atoms with E-state index in [9.17, 15) is 4.39 Å². The molecule has 0 saturated heterocycles. The molecule has 0 radical (unpaired) electrons. The molecule has 0 aliphatic rings. The van der Waals surface area contributed by atoms with E-state index in [0.717, 1.165) is 5.56 Å². The molecule has 1 atom stereocenters. The molecule has 7 heteroatoms. The van der Waals surface area contributed by atoms with E-state index in [1.165, 1.54) is 29.5 Å². The number of rotatable bonds is 4. The first-order valence-corrected chi connectivity index (χ1v) is 7.31. The molecule has 1 heterocycles. The maximum Gasteiger partial charge on any atom is 0.123 e. The fraction of sp³-hybridized carbons (Fsp3) is 0.167. The van der Waals surface area contributed by atoms with Crippen molar-refractivity contribution in [2.24, 2.45) is 5.84 Å². The Balaban J connectivity index is 2.29. The van der Waals surface area contributed by atoms with Crippen molar-refractivity contribution in [3.63, 3.8) is 0 Å². The Labute approximate surface area is 129 Å². The van der Waals surface area contributed by atoms with E-state index in [0.29, 0.717) is 25.7 Å². The number of benzene rings is 1. The molecule has 0 amide bonds. The summed E-state index contributed by atoms with van der Waals surface area (Å²) in [4.78, 5) is 0. The number of hydrazine groups is 1. The van der Waals surface area contributed by atoms with Gasteiger partial charge in [-0.1, -0.05) is 34.8 Å². The van der Waals surface area contributed by atoms with Crippen LogP contribution < -0.4 is 11.3 Å². The molecule has 0 fully saturated rings. The van der Waals surface area contributed by atoms with Gasteiger partial charge in [0, 0.05) is 10.6 Å². The van der Waals surface area contributed by atoms with Gasteiger partial charge in [-0.05, 0) is 36.2 Å². The van der Waals surface area contributed by atoms with Crippen molar-refractivity contribution in [1.82, 2.24) is 5.43 Å². The molecule has 0 aliphatic carbocycles. The second-order valence-corrected chi connectivity index (χ2v) is 6.63. The molecule has 0 bridgehead atoms. The van der Waals surface area contributed by atoms with Gasteiger partial charge >= 0.3 is 0 Å². The first-order valence-electron chi connectivity index (χ1n) is 5.36. The molecule has 1 unspecified atom stereocenters. The van der Waals surface area contributed by atoms with Gasteiger partial charge in [0.1, 0.15) is 5.82 Å². The van der Waals surface area contributed by atoms with Gasteiger partial charge in [0.2, 0.25) is 0 Å². The third kappa shape index (κ3) is 3.60. The van der Waals surface area contributed by atoms with Crippen molar-refractivity contribution in [3.05, 3.63) is 54.9 Å². The van der Waals surface area contributed by atoms with Crippen LogP contribution in [0.15, 0.2) is 24.3 Å². The minimum absolute atomic E-state index is 0.282. The van der Waals surface area contributed by atoms with Gasteiger partial charge in [-0.2, -0.15) is 0 Å².